The van der Waals surface area contributed by atoms with Gasteiger partial charge in [-0.1, -0.05) is 12.1 Å². The van der Waals surface area contributed by atoms with Gasteiger partial charge >= 0.3 is 0 Å². The summed E-state index contributed by atoms with van der Waals surface area (Å²) < 4.78 is 19.2. The molecule has 2 aromatic rings. The predicted octanol–water partition coefficient (Wildman–Crippen LogP) is 3.22. The van der Waals surface area contributed by atoms with E-state index in [1.165, 1.54) is 16.7 Å². The summed E-state index contributed by atoms with van der Waals surface area (Å²) in [6, 6.07) is 4.47. The molecule has 2 saturated heterocycles. The molecule has 7 nitrogen and oxygen atoms in total. The van der Waals surface area contributed by atoms with Gasteiger partial charge in [-0.15, -0.1) is 0 Å². The minimum atomic E-state index is -0.466. The van der Waals surface area contributed by atoms with Crippen LogP contribution < -0.4 is 4.74 Å². The van der Waals surface area contributed by atoms with E-state index in [1.54, 1.807) is 7.11 Å². The number of rotatable bonds is 3. The Bertz CT molecular complexity index is 960. The number of fused-ring (bicyclic) bond motifs is 1. The molecule has 5 rings (SSSR count). The van der Waals surface area contributed by atoms with Gasteiger partial charge in [0.1, 0.15) is 17.3 Å². The number of aromatic nitrogens is 2. The SMILES string of the molecule is COc1c(C)cc(C2CCc3nc(C(=O)N4CCC5(CC4)OCCO5)cn3C2)cc1C. The molecule has 1 aromatic heterocycles. The molecule has 3 aliphatic rings. The summed E-state index contributed by atoms with van der Waals surface area (Å²) in [6.45, 7) is 7.64. The van der Waals surface area contributed by atoms with Crippen molar-refractivity contribution in [2.24, 2.45) is 0 Å². The molecule has 7 heteroatoms. The van der Waals surface area contributed by atoms with Crippen molar-refractivity contribution in [2.75, 3.05) is 33.4 Å². The van der Waals surface area contributed by atoms with Crippen molar-refractivity contribution >= 4 is 5.91 Å². The Labute approximate surface area is 183 Å². The topological polar surface area (TPSA) is 65.8 Å². The fourth-order valence-corrected chi connectivity index (χ4v) is 5.36. The summed E-state index contributed by atoms with van der Waals surface area (Å²) in [5.41, 5.74) is 4.23. The van der Waals surface area contributed by atoms with Gasteiger partial charge in [-0.05, 0) is 37.0 Å². The Hall–Kier alpha value is -2.38. The lowest BCUT2D eigenvalue weighted by Crippen LogP contribution is -2.47. The maximum Gasteiger partial charge on any atom is 0.274 e. The van der Waals surface area contributed by atoms with Crippen LogP contribution in [0.5, 0.6) is 5.75 Å². The number of piperidine rings is 1. The van der Waals surface area contributed by atoms with E-state index in [-0.39, 0.29) is 5.91 Å². The van der Waals surface area contributed by atoms with E-state index < -0.39 is 5.79 Å². The van der Waals surface area contributed by atoms with Crippen molar-refractivity contribution in [2.45, 2.75) is 57.8 Å². The average molecular weight is 426 g/mol. The van der Waals surface area contributed by atoms with Crippen LogP contribution in [0.1, 0.15) is 58.2 Å². The second kappa shape index (κ2) is 7.95. The summed E-state index contributed by atoms with van der Waals surface area (Å²) in [5, 5.41) is 0. The number of likely N-dealkylation sites (tertiary alicyclic amines) is 1. The highest BCUT2D eigenvalue weighted by molar-refractivity contribution is 5.92. The van der Waals surface area contributed by atoms with Gasteiger partial charge in [0.2, 0.25) is 0 Å². The van der Waals surface area contributed by atoms with E-state index in [4.69, 9.17) is 19.2 Å². The fourth-order valence-electron chi connectivity index (χ4n) is 5.36. The molecule has 31 heavy (non-hydrogen) atoms. The van der Waals surface area contributed by atoms with Crippen LogP contribution in [0.2, 0.25) is 0 Å². The van der Waals surface area contributed by atoms with Crippen LogP contribution in [-0.4, -0.2) is 59.6 Å². The van der Waals surface area contributed by atoms with Gasteiger partial charge in [0.15, 0.2) is 5.79 Å². The Kier molecular flexibility index (Phi) is 5.26. The van der Waals surface area contributed by atoms with Crippen molar-refractivity contribution in [3.05, 3.63) is 46.5 Å². The standard InChI is InChI=1S/C24H31N3O4/c1-16-12-19(13-17(2)22(16)29-3)18-4-5-21-25-20(15-27(21)14-18)23(28)26-8-6-24(7-9-26)30-10-11-31-24/h12-13,15,18H,4-11,14H2,1-3H3. The summed E-state index contributed by atoms with van der Waals surface area (Å²) in [7, 11) is 1.72. The molecule has 166 valence electrons. The highest BCUT2D eigenvalue weighted by Gasteiger charge is 2.41. The van der Waals surface area contributed by atoms with Crippen molar-refractivity contribution in [1.82, 2.24) is 14.5 Å². The Balaban J connectivity index is 1.29. The van der Waals surface area contributed by atoms with Gasteiger partial charge in [-0.2, -0.15) is 0 Å². The van der Waals surface area contributed by atoms with Gasteiger partial charge in [0.25, 0.3) is 5.91 Å². The van der Waals surface area contributed by atoms with E-state index in [1.807, 2.05) is 11.1 Å². The molecule has 3 aliphatic heterocycles. The zero-order valence-corrected chi connectivity index (χ0v) is 18.6. The van der Waals surface area contributed by atoms with Gasteiger partial charge in [0.05, 0.1) is 20.3 Å². The zero-order chi connectivity index (χ0) is 21.6. The number of carbonyl (C=O) groups excluding carboxylic acids is 1. The summed E-state index contributed by atoms with van der Waals surface area (Å²) in [6.07, 6.45) is 5.32. The first kappa shape index (κ1) is 20.5. The third kappa shape index (κ3) is 3.74. The number of aryl methyl sites for hydroxylation is 3. The smallest absolute Gasteiger partial charge is 0.274 e. The van der Waals surface area contributed by atoms with E-state index in [0.29, 0.717) is 37.9 Å². The lowest BCUT2D eigenvalue weighted by molar-refractivity contribution is -0.181. The number of benzene rings is 1. The van der Waals surface area contributed by atoms with Crippen molar-refractivity contribution in [1.29, 1.82) is 0 Å². The van der Waals surface area contributed by atoms with E-state index in [0.717, 1.165) is 43.8 Å². The average Bonchev–Trinajstić information content (AvgIpc) is 3.40. The van der Waals surface area contributed by atoms with Crippen molar-refractivity contribution in [3.63, 3.8) is 0 Å². The predicted molar refractivity (Wildman–Crippen MR) is 116 cm³/mol. The molecular weight excluding hydrogens is 394 g/mol. The molecule has 0 aliphatic carbocycles. The summed E-state index contributed by atoms with van der Waals surface area (Å²) >= 11 is 0. The van der Waals surface area contributed by atoms with Gasteiger partial charge in [-0.25, -0.2) is 4.98 Å². The maximum atomic E-state index is 13.1. The molecule has 1 amide bonds. The molecular formula is C24H31N3O4. The first-order valence-corrected chi connectivity index (χ1v) is 11.3. The zero-order valence-electron chi connectivity index (χ0n) is 18.6. The number of amides is 1. The van der Waals surface area contributed by atoms with Gasteiger partial charge in [0, 0.05) is 51.0 Å². The van der Waals surface area contributed by atoms with Crippen LogP contribution in [0, 0.1) is 13.8 Å². The highest BCUT2D eigenvalue weighted by atomic mass is 16.7. The van der Waals surface area contributed by atoms with Gasteiger partial charge < -0.3 is 23.7 Å². The second-order valence-electron chi connectivity index (χ2n) is 9.02. The van der Waals surface area contributed by atoms with Crippen LogP contribution in [-0.2, 0) is 22.4 Å². The lowest BCUT2D eigenvalue weighted by atomic mass is 9.89. The molecule has 1 spiro atoms. The van der Waals surface area contributed by atoms with Crippen LogP contribution in [0.15, 0.2) is 18.3 Å². The minimum Gasteiger partial charge on any atom is -0.496 e. The molecule has 1 aromatic carbocycles. The normalized spacial score (nSPS) is 22.5. The fraction of sp³-hybridized carbons (Fsp3) is 0.583. The number of ether oxygens (including phenoxy) is 3. The number of carbonyl (C=O) groups is 1. The molecule has 0 bridgehead atoms. The maximum absolute atomic E-state index is 13.1. The number of methoxy groups -OCH3 is 1. The third-order valence-corrected chi connectivity index (χ3v) is 7.00. The first-order valence-electron chi connectivity index (χ1n) is 11.3. The molecule has 0 radical (unpaired) electrons. The van der Waals surface area contributed by atoms with Crippen molar-refractivity contribution < 1.29 is 19.0 Å². The first-order chi connectivity index (χ1) is 15.0. The van der Waals surface area contributed by atoms with Crippen molar-refractivity contribution in [3.8, 4) is 5.75 Å². The molecule has 4 heterocycles. The molecule has 0 N–H and O–H groups in total. The number of hydrogen-bond acceptors (Lipinski definition) is 5. The number of nitrogens with zero attached hydrogens (tertiary/aromatic N) is 3. The Morgan fingerprint density at radius 1 is 1.16 bits per heavy atom. The van der Waals surface area contributed by atoms with E-state index in [9.17, 15) is 4.79 Å². The second-order valence-corrected chi connectivity index (χ2v) is 9.02. The molecule has 0 saturated carbocycles. The molecule has 2 fully saturated rings. The summed E-state index contributed by atoms with van der Waals surface area (Å²) in [4.78, 5) is 19.7. The Morgan fingerprint density at radius 3 is 2.48 bits per heavy atom. The van der Waals surface area contributed by atoms with E-state index in [2.05, 4.69) is 30.5 Å². The molecule has 1 unspecified atom stereocenters. The van der Waals surface area contributed by atoms with E-state index >= 15 is 0 Å². The van der Waals surface area contributed by atoms with Crippen LogP contribution >= 0.6 is 0 Å². The third-order valence-electron chi connectivity index (χ3n) is 7.00. The number of hydrogen-bond donors (Lipinski definition) is 0. The Morgan fingerprint density at radius 2 is 1.84 bits per heavy atom. The monoisotopic (exact) mass is 425 g/mol. The lowest BCUT2D eigenvalue weighted by Gasteiger charge is -2.37. The van der Waals surface area contributed by atoms with Crippen LogP contribution in [0.25, 0.3) is 0 Å². The quantitative estimate of drug-likeness (QED) is 0.756. The van der Waals surface area contributed by atoms with Crippen LogP contribution in [0.3, 0.4) is 0 Å². The number of imidazole rings is 1. The summed E-state index contributed by atoms with van der Waals surface area (Å²) in [5.74, 6) is 1.94. The highest BCUT2D eigenvalue weighted by Crippen LogP contribution is 2.34. The van der Waals surface area contributed by atoms with Crippen LogP contribution in [0.4, 0.5) is 0 Å². The largest absolute Gasteiger partial charge is 0.496 e. The molecule has 1 atom stereocenters. The minimum absolute atomic E-state index is 0.0161. The van der Waals surface area contributed by atoms with Gasteiger partial charge in [-0.3, -0.25) is 4.79 Å².